The van der Waals surface area contributed by atoms with E-state index < -0.39 is 0 Å². The lowest BCUT2D eigenvalue weighted by Crippen LogP contribution is -2.49. The monoisotopic (exact) mass is 373 g/mol. The molecule has 0 radical (unpaired) electrons. The van der Waals surface area contributed by atoms with E-state index in [1.807, 2.05) is 6.07 Å². The van der Waals surface area contributed by atoms with Crippen molar-refractivity contribution in [2.45, 2.75) is 32.9 Å². The number of hydrogen-bond acceptors (Lipinski definition) is 5. The molecule has 0 unspecified atom stereocenters. The highest BCUT2D eigenvalue weighted by Gasteiger charge is 2.29. The van der Waals surface area contributed by atoms with Gasteiger partial charge in [0.05, 0.1) is 7.11 Å². The molecule has 1 atom stereocenters. The Labute approximate surface area is 164 Å². The number of methoxy groups -OCH3 is 1. The van der Waals surface area contributed by atoms with Crippen LogP contribution in [0.1, 0.15) is 25.8 Å². The van der Waals surface area contributed by atoms with E-state index >= 15 is 0 Å². The van der Waals surface area contributed by atoms with Crippen molar-refractivity contribution in [3.63, 3.8) is 0 Å². The summed E-state index contributed by atoms with van der Waals surface area (Å²) in [4.78, 5) is 7.68. The molecule has 5 nitrogen and oxygen atoms in total. The third kappa shape index (κ3) is 5.71. The van der Waals surface area contributed by atoms with Crippen LogP contribution >= 0.6 is 0 Å². The molecule has 0 amide bonds. The first kappa shape index (κ1) is 20.2. The topological polar surface area (TPSA) is 28.2 Å². The summed E-state index contributed by atoms with van der Waals surface area (Å²) < 4.78 is 11.4. The Balaban J connectivity index is 1.54. The molecular weight excluding hydrogens is 338 g/mol. The van der Waals surface area contributed by atoms with Crippen molar-refractivity contribution < 1.29 is 9.47 Å². The zero-order chi connectivity index (χ0) is 19.2. The molecule has 0 aromatic heterocycles. The molecule has 150 valence electrons. The third-order valence-corrected chi connectivity index (χ3v) is 5.67. The molecule has 5 heteroatoms. The maximum atomic E-state index is 5.84. The summed E-state index contributed by atoms with van der Waals surface area (Å²) in [5, 5.41) is 0. The Kier molecular flexibility index (Phi) is 7.16. The summed E-state index contributed by atoms with van der Waals surface area (Å²) in [5.74, 6) is 1.64. The smallest absolute Gasteiger partial charge is 0.161 e. The highest BCUT2D eigenvalue weighted by atomic mass is 16.5. The second-order valence-corrected chi connectivity index (χ2v) is 8.09. The van der Waals surface area contributed by atoms with Crippen LogP contribution in [0.2, 0.25) is 0 Å². The standard InChI is InChI=1S/C22H35N3O2/c1-18(2)8-14-27-21-6-5-19(15-22(21)26-4)16-24-9-7-20(17-24)25-12-10-23(3)11-13-25/h5-6,8,15,20H,7,9-14,16-17H2,1-4H3/t20-/m0/s1. The van der Waals surface area contributed by atoms with Gasteiger partial charge in [-0.1, -0.05) is 11.6 Å². The van der Waals surface area contributed by atoms with Crippen molar-refractivity contribution in [1.82, 2.24) is 14.7 Å². The average molecular weight is 374 g/mol. The second-order valence-electron chi connectivity index (χ2n) is 8.09. The summed E-state index contributed by atoms with van der Waals surface area (Å²) in [6.45, 7) is 12.9. The van der Waals surface area contributed by atoms with Crippen molar-refractivity contribution >= 4 is 0 Å². The molecule has 3 rings (SSSR count). The average Bonchev–Trinajstić information content (AvgIpc) is 3.11. The largest absolute Gasteiger partial charge is 0.493 e. The Bertz CT molecular complexity index is 634. The molecule has 0 aliphatic carbocycles. The predicted octanol–water partition coefficient (Wildman–Crippen LogP) is 2.86. The van der Waals surface area contributed by atoms with Crippen LogP contribution in [-0.2, 0) is 6.54 Å². The van der Waals surface area contributed by atoms with Gasteiger partial charge in [0, 0.05) is 51.9 Å². The van der Waals surface area contributed by atoms with Crippen LogP contribution in [-0.4, -0.2) is 80.8 Å². The summed E-state index contributed by atoms with van der Waals surface area (Å²) in [6.07, 6.45) is 3.36. The van der Waals surface area contributed by atoms with Crippen LogP contribution in [0.5, 0.6) is 11.5 Å². The number of likely N-dealkylation sites (N-methyl/N-ethyl adjacent to an activating group) is 1. The van der Waals surface area contributed by atoms with E-state index in [4.69, 9.17) is 9.47 Å². The van der Waals surface area contributed by atoms with Crippen LogP contribution in [0.15, 0.2) is 29.8 Å². The van der Waals surface area contributed by atoms with E-state index in [2.05, 4.69) is 53.8 Å². The van der Waals surface area contributed by atoms with Gasteiger partial charge in [0.1, 0.15) is 6.61 Å². The summed E-state index contributed by atoms with van der Waals surface area (Å²) >= 11 is 0. The molecular formula is C22H35N3O2. The van der Waals surface area contributed by atoms with E-state index in [1.54, 1.807) is 7.11 Å². The van der Waals surface area contributed by atoms with Crippen LogP contribution in [0.3, 0.4) is 0 Å². The van der Waals surface area contributed by atoms with Gasteiger partial charge in [-0.2, -0.15) is 0 Å². The van der Waals surface area contributed by atoms with Crippen LogP contribution in [0, 0.1) is 0 Å². The van der Waals surface area contributed by atoms with Gasteiger partial charge in [-0.3, -0.25) is 9.80 Å². The first-order valence-corrected chi connectivity index (χ1v) is 10.1. The molecule has 2 aliphatic heterocycles. The maximum absolute atomic E-state index is 5.84. The maximum Gasteiger partial charge on any atom is 0.161 e. The number of ether oxygens (including phenoxy) is 2. The zero-order valence-electron chi connectivity index (χ0n) is 17.4. The normalized spacial score (nSPS) is 22.0. The SMILES string of the molecule is COc1cc(CN2CC[C@H](N3CCN(C)CC3)C2)ccc1OCC=C(C)C. The Morgan fingerprint density at radius 3 is 2.59 bits per heavy atom. The lowest BCUT2D eigenvalue weighted by atomic mass is 10.2. The molecule has 2 heterocycles. The predicted molar refractivity (Wildman–Crippen MR) is 111 cm³/mol. The first-order valence-electron chi connectivity index (χ1n) is 10.1. The van der Waals surface area contributed by atoms with Gasteiger partial charge >= 0.3 is 0 Å². The van der Waals surface area contributed by atoms with Gasteiger partial charge in [0.2, 0.25) is 0 Å². The minimum Gasteiger partial charge on any atom is -0.493 e. The van der Waals surface area contributed by atoms with Gasteiger partial charge in [-0.15, -0.1) is 0 Å². The molecule has 0 saturated carbocycles. The fourth-order valence-electron chi connectivity index (χ4n) is 3.93. The number of hydrogen-bond donors (Lipinski definition) is 0. The van der Waals surface area contributed by atoms with Crippen molar-refractivity contribution in [3.05, 3.63) is 35.4 Å². The molecule has 0 spiro atoms. The van der Waals surface area contributed by atoms with Crippen molar-refractivity contribution in [2.24, 2.45) is 0 Å². The van der Waals surface area contributed by atoms with Gasteiger partial charge < -0.3 is 14.4 Å². The highest BCUT2D eigenvalue weighted by molar-refractivity contribution is 5.43. The number of rotatable bonds is 7. The number of piperazine rings is 1. The van der Waals surface area contributed by atoms with Crippen LogP contribution in [0.4, 0.5) is 0 Å². The molecule has 2 saturated heterocycles. The van der Waals surface area contributed by atoms with Gasteiger partial charge in [0.15, 0.2) is 11.5 Å². The Morgan fingerprint density at radius 1 is 1.11 bits per heavy atom. The summed E-state index contributed by atoms with van der Waals surface area (Å²) in [7, 11) is 3.94. The number of allylic oxidation sites excluding steroid dienone is 1. The van der Waals surface area contributed by atoms with Gasteiger partial charge in [-0.05, 0) is 51.1 Å². The van der Waals surface area contributed by atoms with E-state index in [1.165, 1.54) is 56.8 Å². The molecule has 1 aromatic carbocycles. The van der Waals surface area contributed by atoms with E-state index in [9.17, 15) is 0 Å². The second kappa shape index (κ2) is 9.58. The van der Waals surface area contributed by atoms with E-state index in [0.717, 1.165) is 18.0 Å². The molecule has 2 aliphatic rings. The van der Waals surface area contributed by atoms with Crippen molar-refractivity contribution in [2.75, 3.05) is 60.0 Å². The van der Waals surface area contributed by atoms with Crippen LogP contribution in [0.25, 0.3) is 0 Å². The van der Waals surface area contributed by atoms with E-state index in [0.29, 0.717) is 12.6 Å². The molecule has 0 bridgehead atoms. The fraction of sp³-hybridized carbons (Fsp3) is 0.636. The van der Waals surface area contributed by atoms with E-state index in [-0.39, 0.29) is 0 Å². The van der Waals surface area contributed by atoms with Crippen LogP contribution < -0.4 is 9.47 Å². The number of likely N-dealkylation sites (tertiary alicyclic amines) is 1. The lowest BCUT2D eigenvalue weighted by molar-refractivity contribution is 0.112. The van der Waals surface area contributed by atoms with Crippen molar-refractivity contribution in [3.8, 4) is 11.5 Å². The minimum atomic E-state index is 0.580. The third-order valence-electron chi connectivity index (χ3n) is 5.67. The molecule has 0 N–H and O–H groups in total. The molecule has 2 fully saturated rings. The minimum absolute atomic E-state index is 0.580. The summed E-state index contributed by atoms with van der Waals surface area (Å²) in [5.41, 5.74) is 2.55. The quantitative estimate of drug-likeness (QED) is 0.686. The Morgan fingerprint density at radius 2 is 1.89 bits per heavy atom. The zero-order valence-corrected chi connectivity index (χ0v) is 17.4. The molecule has 27 heavy (non-hydrogen) atoms. The lowest BCUT2D eigenvalue weighted by Gasteiger charge is -2.36. The number of nitrogens with zero attached hydrogens (tertiary/aromatic N) is 3. The Hall–Kier alpha value is -1.56. The number of benzene rings is 1. The van der Waals surface area contributed by atoms with Crippen molar-refractivity contribution in [1.29, 1.82) is 0 Å². The van der Waals surface area contributed by atoms with Gasteiger partial charge in [0.25, 0.3) is 0 Å². The fourth-order valence-corrected chi connectivity index (χ4v) is 3.93. The molecule has 1 aromatic rings. The summed E-state index contributed by atoms with van der Waals surface area (Å²) in [6, 6.07) is 7.05. The highest BCUT2D eigenvalue weighted by Crippen LogP contribution is 2.29. The first-order chi connectivity index (χ1) is 13.0. The van der Waals surface area contributed by atoms with Gasteiger partial charge in [-0.25, -0.2) is 0 Å².